The number of benzene rings is 1. The van der Waals surface area contributed by atoms with Gasteiger partial charge < -0.3 is 20.6 Å². The Morgan fingerprint density at radius 1 is 1.32 bits per heavy atom. The zero-order valence-corrected chi connectivity index (χ0v) is 11.4. The summed E-state index contributed by atoms with van der Waals surface area (Å²) < 4.78 is 0. The number of likely N-dealkylation sites (N-methyl/N-ethyl adjacent to an activating group) is 1. The summed E-state index contributed by atoms with van der Waals surface area (Å²) in [5, 5.41) is 14.3. The highest BCUT2D eigenvalue weighted by Crippen LogP contribution is 2.18. The first kappa shape index (κ1) is 15.0. The van der Waals surface area contributed by atoms with E-state index in [1.807, 2.05) is 19.0 Å². The standard InChI is InChI=1S/C13H19N3O3/c1-9-10(12(17)18)5-4-6-11(9)15-13(19)14-7-8-16(2)3/h4-6H,7-8H2,1-3H3,(H,17,18)(H2,14,15,19). The van der Waals surface area contributed by atoms with Gasteiger partial charge in [0, 0.05) is 18.8 Å². The van der Waals surface area contributed by atoms with Gasteiger partial charge in [-0.1, -0.05) is 6.07 Å². The van der Waals surface area contributed by atoms with E-state index >= 15 is 0 Å². The van der Waals surface area contributed by atoms with Crippen molar-refractivity contribution in [3.05, 3.63) is 29.3 Å². The summed E-state index contributed by atoms with van der Waals surface area (Å²) in [4.78, 5) is 24.6. The van der Waals surface area contributed by atoms with Crippen molar-refractivity contribution in [3.63, 3.8) is 0 Å². The summed E-state index contributed by atoms with van der Waals surface area (Å²) in [6.07, 6.45) is 0. The van der Waals surface area contributed by atoms with E-state index in [1.54, 1.807) is 19.1 Å². The molecular formula is C13H19N3O3. The second-order valence-corrected chi connectivity index (χ2v) is 4.47. The number of amides is 2. The molecule has 0 bridgehead atoms. The van der Waals surface area contributed by atoms with Crippen LogP contribution in [0.15, 0.2) is 18.2 Å². The van der Waals surface area contributed by atoms with E-state index in [9.17, 15) is 9.59 Å². The highest BCUT2D eigenvalue weighted by atomic mass is 16.4. The molecule has 104 valence electrons. The van der Waals surface area contributed by atoms with Crippen molar-refractivity contribution in [1.29, 1.82) is 0 Å². The normalized spacial score (nSPS) is 10.3. The Morgan fingerprint density at radius 2 is 2.00 bits per heavy atom. The van der Waals surface area contributed by atoms with E-state index in [1.165, 1.54) is 6.07 Å². The molecule has 2 amide bonds. The number of nitrogens with zero attached hydrogens (tertiary/aromatic N) is 1. The van der Waals surface area contributed by atoms with Gasteiger partial charge in [0.25, 0.3) is 0 Å². The van der Waals surface area contributed by atoms with Gasteiger partial charge in [-0.05, 0) is 38.7 Å². The Labute approximate surface area is 112 Å². The Bertz CT molecular complexity index is 472. The number of hydrogen-bond donors (Lipinski definition) is 3. The minimum atomic E-state index is -1.01. The number of anilines is 1. The van der Waals surface area contributed by atoms with Crippen LogP contribution < -0.4 is 10.6 Å². The third kappa shape index (κ3) is 4.59. The lowest BCUT2D eigenvalue weighted by Crippen LogP contribution is -2.34. The molecule has 0 saturated carbocycles. The van der Waals surface area contributed by atoms with Gasteiger partial charge in [0.15, 0.2) is 0 Å². The van der Waals surface area contributed by atoms with Crippen molar-refractivity contribution in [3.8, 4) is 0 Å². The summed E-state index contributed by atoms with van der Waals surface area (Å²) in [6.45, 7) is 2.93. The van der Waals surface area contributed by atoms with E-state index in [0.717, 1.165) is 6.54 Å². The fourth-order valence-electron chi connectivity index (χ4n) is 1.56. The fourth-order valence-corrected chi connectivity index (χ4v) is 1.56. The monoisotopic (exact) mass is 265 g/mol. The first-order valence-electron chi connectivity index (χ1n) is 5.94. The van der Waals surface area contributed by atoms with Crippen LogP contribution in [0.3, 0.4) is 0 Å². The number of nitrogens with one attached hydrogen (secondary N) is 2. The van der Waals surface area contributed by atoms with Crippen LogP contribution in [0.25, 0.3) is 0 Å². The number of carboxylic acid groups (broad SMARTS) is 1. The van der Waals surface area contributed by atoms with Crippen molar-refractivity contribution >= 4 is 17.7 Å². The molecule has 6 nitrogen and oxygen atoms in total. The SMILES string of the molecule is Cc1c(NC(=O)NCCN(C)C)cccc1C(=O)O. The fraction of sp³-hybridized carbons (Fsp3) is 0.385. The van der Waals surface area contributed by atoms with E-state index in [2.05, 4.69) is 10.6 Å². The molecule has 19 heavy (non-hydrogen) atoms. The molecule has 1 aromatic rings. The average molecular weight is 265 g/mol. The highest BCUT2D eigenvalue weighted by Gasteiger charge is 2.11. The van der Waals surface area contributed by atoms with Crippen LogP contribution in [-0.2, 0) is 0 Å². The smallest absolute Gasteiger partial charge is 0.336 e. The van der Waals surface area contributed by atoms with Crippen LogP contribution in [0.4, 0.5) is 10.5 Å². The van der Waals surface area contributed by atoms with Gasteiger partial charge in [0.1, 0.15) is 0 Å². The zero-order valence-electron chi connectivity index (χ0n) is 11.4. The number of carbonyl (C=O) groups is 2. The van der Waals surface area contributed by atoms with E-state index in [-0.39, 0.29) is 11.6 Å². The zero-order chi connectivity index (χ0) is 14.4. The third-order valence-electron chi connectivity index (χ3n) is 2.66. The van der Waals surface area contributed by atoms with E-state index < -0.39 is 5.97 Å². The van der Waals surface area contributed by atoms with E-state index in [4.69, 9.17) is 5.11 Å². The van der Waals surface area contributed by atoms with Crippen molar-refractivity contribution in [2.24, 2.45) is 0 Å². The molecule has 6 heteroatoms. The van der Waals surface area contributed by atoms with Gasteiger partial charge in [0.2, 0.25) is 0 Å². The maximum atomic E-state index is 11.6. The molecule has 3 N–H and O–H groups in total. The Morgan fingerprint density at radius 3 is 2.58 bits per heavy atom. The van der Waals surface area contributed by atoms with Crippen LogP contribution in [0.5, 0.6) is 0 Å². The largest absolute Gasteiger partial charge is 0.478 e. The molecule has 0 aromatic heterocycles. The second-order valence-electron chi connectivity index (χ2n) is 4.47. The second kappa shape index (κ2) is 6.75. The molecule has 1 aromatic carbocycles. The Kier molecular flexibility index (Phi) is 5.32. The van der Waals surface area contributed by atoms with Gasteiger partial charge in [-0.25, -0.2) is 9.59 Å². The van der Waals surface area contributed by atoms with Crippen LogP contribution in [0.2, 0.25) is 0 Å². The van der Waals surface area contributed by atoms with Crippen molar-refractivity contribution in [1.82, 2.24) is 10.2 Å². The van der Waals surface area contributed by atoms with E-state index in [0.29, 0.717) is 17.8 Å². The molecule has 1 rings (SSSR count). The molecule has 0 aliphatic carbocycles. The number of carboxylic acids is 1. The molecule has 0 saturated heterocycles. The van der Waals surface area contributed by atoms with Crippen LogP contribution in [0.1, 0.15) is 15.9 Å². The minimum Gasteiger partial charge on any atom is -0.478 e. The molecule has 0 fully saturated rings. The maximum Gasteiger partial charge on any atom is 0.336 e. The number of rotatable bonds is 5. The molecule has 0 spiro atoms. The summed E-state index contributed by atoms with van der Waals surface area (Å²) >= 11 is 0. The van der Waals surface area contributed by atoms with Gasteiger partial charge in [-0.3, -0.25) is 0 Å². The highest BCUT2D eigenvalue weighted by molar-refractivity contribution is 5.95. The maximum absolute atomic E-state index is 11.6. The van der Waals surface area contributed by atoms with Crippen LogP contribution >= 0.6 is 0 Å². The van der Waals surface area contributed by atoms with Gasteiger partial charge in [-0.15, -0.1) is 0 Å². The summed E-state index contributed by atoms with van der Waals surface area (Å²) in [5.74, 6) is -1.01. The molecular weight excluding hydrogens is 246 g/mol. The average Bonchev–Trinajstić information content (AvgIpc) is 2.31. The van der Waals surface area contributed by atoms with Crippen molar-refractivity contribution in [2.75, 3.05) is 32.5 Å². The summed E-state index contributed by atoms with van der Waals surface area (Å²) in [7, 11) is 3.83. The Balaban J connectivity index is 2.64. The summed E-state index contributed by atoms with van der Waals surface area (Å²) in [6, 6.07) is 4.44. The van der Waals surface area contributed by atoms with Gasteiger partial charge in [-0.2, -0.15) is 0 Å². The molecule has 0 aliphatic rings. The quantitative estimate of drug-likeness (QED) is 0.751. The van der Waals surface area contributed by atoms with Crippen molar-refractivity contribution < 1.29 is 14.7 Å². The van der Waals surface area contributed by atoms with Crippen LogP contribution in [-0.4, -0.2) is 49.2 Å². The predicted molar refractivity (Wildman–Crippen MR) is 73.7 cm³/mol. The number of aromatic carboxylic acids is 1. The first-order valence-corrected chi connectivity index (χ1v) is 5.94. The van der Waals surface area contributed by atoms with Crippen molar-refractivity contribution in [2.45, 2.75) is 6.92 Å². The topological polar surface area (TPSA) is 81.7 Å². The first-order chi connectivity index (χ1) is 8.91. The lowest BCUT2D eigenvalue weighted by molar-refractivity contribution is 0.0696. The van der Waals surface area contributed by atoms with Gasteiger partial charge >= 0.3 is 12.0 Å². The lowest BCUT2D eigenvalue weighted by atomic mass is 10.1. The molecule has 0 radical (unpaired) electrons. The third-order valence-corrected chi connectivity index (χ3v) is 2.66. The van der Waals surface area contributed by atoms with Gasteiger partial charge in [0.05, 0.1) is 5.56 Å². The molecule has 0 atom stereocenters. The molecule has 0 heterocycles. The predicted octanol–water partition coefficient (Wildman–Crippen LogP) is 1.38. The minimum absolute atomic E-state index is 0.186. The summed E-state index contributed by atoms with van der Waals surface area (Å²) in [5.41, 5.74) is 1.23. The number of hydrogen-bond acceptors (Lipinski definition) is 3. The molecule has 0 unspecified atom stereocenters. The number of carbonyl (C=O) groups excluding carboxylic acids is 1. The van der Waals surface area contributed by atoms with Crippen LogP contribution in [0, 0.1) is 6.92 Å². The number of urea groups is 1. The lowest BCUT2D eigenvalue weighted by Gasteiger charge is -2.13. The molecule has 0 aliphatic heterocycles. The Hall–Kier alpha value is -2.08.